The number of benzene rings is 2. The number of carbonyl (C=O) groups is 1. The van der Waals surface area contributed by atoms with Crippen LogP contribution < -0.4 is 14.9 Å². The molecule has 6 rings (SSSR count). The van der Waals surface area contributed by atoms with Gasteiger partial charge in [-0.05, 0) is 62.2 Å². The molecule has 0 aliphatic rings. The molecule has 0 atom stereocenters. The van der Waals surface area contributed by atoms with Gasteiger partial charge in [0.2, 0.25) is 5.88 Å². The fourth-order valence-corrected chi connectivity index (χ4v) is 5.61. The summed E-state index contributed by atoms with van der Waals surface area (Å²) in [5.41, 5.74) is 2.39. The standard InChI is InChI=1S/C36H29F4N5O4/c1-19(2)44-18-26(34(47)32(20(44)3)22-6-8-24(37)9-7-22)29(46)14-21-5-10-30(27(38)13-21)49-31-11-12-41-28-15-25(35(48-4)43-33(28)31)23-16-42-45(17-23)36(39)40/h5-13,15-19,36H,14H2,1-4H3. The number of halogens is 4. The molecule has 0 aliphatic heterocycles. The average Bonchev–Trinajstić information content (AvgIpc) is 3.57. The molecule has 0 saturated carbocycles. The van der Waals surface area contributed by atoms with Crippen molar-refractivity contribution in [2.24, 2.45) is 0 Å². The van der Waals surface area contributed by atoms with Gasteiger partial charge < -0.3 is 14.0 Å². The summed E-state index contributed by atoms with van der Waals surface area (Å²) in [4.78, 5) is 35.9. The summed E-state index contributed by atoms with van der Waals surface area (Å²) in [6.07, 6.45) is 5.08. The van der Waals surface area contributed by atoms with E-state index >= 15 is 4.39 Å². The van der Waals surface area contributed by atoms with Crippen LogP contribution in [-0.4, -0.2) is 37.2 Å². The van der Waals surface area contributed by atoms with E-state index in [2.05, 4.69) is 15.1 Å². The van der Waals surface area contributed by atoms with Crippen molar-refractivity contribution >= 4 is 16.8 Å². The average molecular weight is 672 g/mol. The number of hydrogen-bond donors (Lipinski definition) is 0. The largest absolute Gasteiger partial charge is 0.481 e. The van der Waals surface area contributed by atoms with Gasteiger partial charge in [-0.1, -0.05) is 18.2 Å². The zero-order valence-electron chi connectivity index (χ0n) is 26.7. The summed E-state index contributed by atoms with van der Waals surface area (Å²) in [5.74, 6) is -1.67. The molecule has 0 bridgehead atoms. The number of aromatic nitrogens is 5. The fraction of sp³-hybridized carbons (Fsp3) is 0.194. The number of rotatable bonds is 10. The molecule has 13 heteroatoms. The van der Waals surface area contributed by atoms with Crippen molar-refractivity contribution in [3.63, 3.8) is 0 Å². The van der Waals surface area contributed by atoms with Crippen molar-refractivity contribution < 1.29 is 31.8 Å². The lowest BCUT2D eigenvalue weighted by Crippen LogP contribution is -2.24. The van der Waals surface area contributed by atoms with Gasteiger partial charge in [0.05, 0.1) is 24.4 Å². The van der Waals surface area contributed by atoms with Crippen LogP contribution in [0.2, 0.25) is 0 Å². The van der Waals surface area contributed by atoms with Crippen molar-refractivity contribution in [2.75, 3.05) is 7.11 Å². The Hall–Kier alpha value is -5.85. The van der Waals surface area contributed by atoms with Crippen LogP contribution in [0.25, 0.3) is 33.3 Å². The number of carbonyl (C=O) groups excluding carboxylic acids is 1. The molecule has 0 aliphatic carbocycles. The molecule has 4 heterocycles. The van der Waals surface area contributed by atoms with Crippen LogP contribution in [0.3, 0.4) is 0 Å². The lowest BCUT2D eigenvalue weighted by Gasteiger charge is -2.20. The van der Waals surface area contributed by atoms with Crippen LogP contribution in [0.4, 0.5) is 17.6 Å². The van der Waals surface area contributed by atoms with Gasteiger partial charge in [0, 0.05) is 59.5 Å². The Morgan fingerprint density at radius 2 is 1.71 bits per heavy atom. The van der Waals surface area contributed by atoms with Crippen LogP contribution in [-0.2, 0) is 6.42 Å². The number of fused-ring (bicyclic) bond motifs is 1. The van der Waals surface area contributed by atoms with Crippen LogP contribution in [0.15, 0.2) is 84.2 Å². The first kappa shape index (κ1) is 33.1. The second-order valence-corrected chi connectivity index (χ2v) is 11.5. The first-order valence-corrected chi connectivity index (χ1v) is 15.1. The van der Waals surface area contributed by atoms with E-state index in [4.69, 9.17) is 9.47 Å². The third-order valence-electron chi connectivity index (χ3n) is 8.01. The van der Waals surface area contributed by atoms with Gasteiger partial charge in [-0.2, -0.15) is 13.9 Å². The number of ether oxygens (including phenoxy) is 2. The minimum Gasteiger partial charge on any atom is -0.481 e. The van der Waals surface area contributed by atoms with Gasteiger partial charge in [0.15, 0.2) is 28.5 Å². The number of nitrogens with zero attached hydrogens (tertiary/aromatic N) is 5. The molecule has 0 N–H and O–H groups in total. The Balaban J connectivity index is 1.28. The van der Waals surface area contributed by atoms with E-state index in [1.807, 2.05) is 18.4 Å². The first-order chi connectivity index (χ1) is 23.4. The van der Waals surface area contributed by atoms with Crippen molar-refractivity contribution in [2.45, 2.75) is 39.8 Å². The summed E-state index contributed by atoms with van der Waals surface area (Å²) in [7, 11) is 1.37. The number of alkyl halides is 2. The van der Waals surface area contributed by atoms with E-state index < -0.39 is 29.4 Å². The number of ketones is 1. The Kier molecular flexibility index (Phi) is 9.00. The zero-order chi connectivity index (χ0) is 35.0. The Bertz CT molecular complexity index is 2270. The van der Waals surface area contributed by atoms with Crippen molar-refractivity contribution in [3.8, 4) is 39.6 Å². The normalized spacial score (nSPS) is 11.5. The lowest BCUT2D eigenvalue weighted by atomic mass is 9.97. The van der Waals surface area contributed by atoms with Crippen molar-refractivity contribution in [3.05, 3.63) is 118 Å². The summed E-state index contributed by atoms with van der Waals surface area (Å²) < 4.78 is 68.9. The summed E-state index contributed by atoms with van der Waals surface area (Å²) in [6, 6.07) is 12.5. The second kappa shape index (κ2) is 13.3. The van der Waals surface area contributed by atoms with Gasteiger partial charge in [0.1, 0.15) is 11.3 Å². The van der Waals surface area contributed by atoms with Crippen LogP contribution in [0.1, 0.15) is 48.1 Å². The lowest BCUT2D eigenvalue weighted by molar-refractivity contribution is 0.0566. The molecule has 0 radical (unpaired) electrons. The van der Waals surface area contributed by atoms with Gasteiger partial charge >= 0.3 is 6.55 Å². The van der Waals surface area contributed by atoms with Gasteiger partial charge in [-0.3, -0.25) is 14.6 Å². The smallest absolute Gasteiger partial charge is 0.333 e. The maximum Gasteiger partial charge on any atom is 0.333 e. The second-order valence-electron chi connectivity index (χ2n) is 11.5. The molecule has 250 valence electrons. The molecule has 9 nitrogen and oxygen atoms in total. The van der Waals surface area contributed by atoms with E-state index in [1.165, 1.54) is 68.2 Å². The summed E-state index contributed by atoms with van der Waals surface area (Å²) in [6.45, 7) is 2.77. The molecule has 0 amide bonds. The highest BCUT2D eigenvalue weighted by molar-refractivity contribution is 5.98. The quantitative estimate of drug-likeness (QED) is 0.107. The SMILES string of the molecule is COc1nc2c(Oc3ccc(CC(=O)c4cn(C(C)C)c(C)c(-c5ccc(F)cc5)c4=O)cc3F)ccnc2cc1-c1cnn(C(F)F)c1. The predicted octanol–water partition coefficient (Wildman–Crippen LogP) is 8.11. The molecule has 0 unspecified atom stereocenters. The number of Topliss-reactive ketones (excluding diaryl/α,β-unsaturated/α-hetero) is 1. The highest BCUT2D eigenvalue weighted by Gasteiger charge is 2.22. The minimum atomic E-state index is -2.82. The Morgan fingerprint density at radius 1 is 0.959 bits per heavy atom. The summed E-state index contributed by atoms with van der Waals surface area (Å²) >= 11 is 0. The third-order valence-corrected chi connectivity index (χ3v) is 8.01. The van der Waals surface area contributed by atoms with E-state index in [-0.39, 0.29) is 40.9 Å². The highest BCUT2D eigenvalue weighted by atomic mass is 19.3. The summed E-state index contributed by atoms with van der Waals surface area (Å²) in [5, 5.41) is 3.66. The molecule has 49 heavy (non-hydrogen) atoms. The van der Waals surface area contributed by atoms with Crippen molar-refractivity contribution in [1.29, 1.82) is 0 Å². The van der Waals surface area contributed by atoms with Gasteiger partial charge in [-0.15, -0.1) is 0 Å². The predicted molar refractivity (Wildman–Crippen MR) is 174 cm³/mol. The highest BCUT2D eigenvalue weighted by Crippen LogP contribution is 2.36. The molecular formula is C36H29F4N5O4. The van der Waals surface area contributed by atoms with Crippen LogP contribution in [0.5, 0.6) is 17.4 Å². The number of pyridine rings is 3. The van der Waals surface area contributed by atoms with E-state index in [1.54, 1.807) is 13.0 Å². The molecule has 2 aromatic carbocycles. The maximum atomic E-state index is 15.4. The van der Waals surface area contributed by atoms with E-state index in [9.17, 15) is 22.8 Å². The molecule has 4 aromatic heterocycles. The molecule has 0 saturated heterocycles. The van der Waals surface area contributed by atoms with Gasteiger partial charge in [-0.25, -0.2) is 18.4 Å². The van der Waals surface area contributed by atoms with E-state index in [0.29, 0.717) is 43.7 Å². The zero-order valence-corrected chi connectivity index (χ0v) is 26.7. The van der Waals surface area contributed by atoms with Crippen LogP contribution in [0, 0.1) is 18.6 Å². The van der Waals surface area contributed by atoms with Gasteiger partial charge in [0.25, 0.3) is 0 Å². The fourth-order valence-electron chi connectivity index (χ4n) is 5.61. The Morgan fingerprint density at radius 3 is 2.37 bits per heavy atom. The van der Waals surface area contributed by atoms with E-state index in [0.717, 1.165) is 12.3 Å². The molecule has 0 fully saturated rings. The minimum absolute atomic E-state index is 0.0661. The first-order valence-electron chi connectivity index (χ1n) is 15.1. The third kappa shape index (κ3) is 6.51. The number of methoxy groups -OCH3 is 1. The Labute approximate surface area is 277 Å². The topological polar surface area (TPSA) is 101 Å². The molecular weight excluding hydrogens is 642 g/mol. The molecule has 0 spiro atoms. The molecule has 6 aromatic rings. The number of hydrogen-bond acceptors (Lipinski definition) is 7. The van der Waals surface area contributed by atoms with Crippen LogP contribution >= 0.6 is 0 Å². The monoisotopic (exact) mass is 671 g/mol. The van der Waals surface area contributed by atoms with Crippen molar-refractivity contribution in [1.82, 2.24) is 24.3 Å². The maximum absolute atomic E-state index is 15.4.